The first-order chi connectivity index (χ1) is 4.77. The van der Waals surface area contributed by atoms with Crippen LogP contribution in [0.1, 0.15) is 21.7 Å². The van der Waals surface area contributed by atoms with Gasteiger partial charge in [0.2, 0.25) is 0 Å². The summed E-state index contributed by atoms with van der Waals surface area (Å²) in [5.41, 5.74) is 0.981. The largest absolute Gasteiger partial charge is 0.294 e. The number of hydrogen-bond donors (Lipinski definition) is 0. The Labute approximate surface area is 76.6 Å². The minimum absolute atomic E-state index is 0.328. The Morgan fingerprint density at radius 3 is 3.00 bits per heavy atom. The number of aryl methyl sites for hydroxylation is 1. The lowest BCUT2D eigenvalue weighted by Crippen LogP contribution is -1.87. The SMILES string of the molecule is O=C1CCc2sc(I)cc21. The van der Waals surface area contributed by atoms with Crippen molar-refractivity contribution in [1.82, 2.24) is 0 Å². The van der Waals surface area contributed by atoms with Crippen molar-refractivity contribution >= 4 is 39.7 Å². The summed E-state index contributed by atoms with van der Waals surface area (Å²) in [6.07, 6.45) is 1.71. The number of ketones is 1. The van der Waals surface area contributed by atoms with Gasteiger partial charge in [0, 0.05) is 16.9 Å². The molecule has 1 nitrogen and oxygen atoms in total. The molecule has 0 radical (unpaired) electrons. The quantitative estimate of drug-likeness (QED) is 0.658. The highest BCUT2D eigenvalue weighted by atomic mass is 127. The third-order valence-corrected chi connectivity index (χ3v) is 3.61. The lowest BCUT2D eigenvalue weighted by Gasteiger charge is -1.80. The van der Waals surface area contributed by atoms with Crippen molar-refractivity contribution in [2.75, 3.05) is 0 Å². The second-order valence-electron chi connectivity index (χ2n) is 2.31. The second-order valence-corrected chi connectivity index (χ2v) is 5.34. The van der Waals surface area contributed by atoms with Crippen LogP contribution in [0.3, 0.4) is 0 Å². The molecule has 0 saturated heterocycles. The number of carbonyl (C=O) groups is 1. The minimum Gasteiger partial charge on any atom is -0.294 e. The molecule has 1 aliphatic carbocycles. The lowest BCUT2D eigenvalue weighted by molar-refractivity contribution is 0.0994. The molecule has 0 aliphatic heterocycles. The molecular formula is C7H5IOS. The van der Waals surface area contributed by atoms with Gasteiger partial charge in [-0.3, -0.25) is 4.79 Å². The summed E-state index contributed by atoms with van der Waals surface area (Å²) in [6.45, 7) is 0. The number of rotatable bonds is 0. The molecule has 0 spiro atoms. The lowest BCUT2D eigenvalue weighted by atomic mass is 10.2. The maximum atomic E-state index is 11.1. The van der Waals surface area contributed by atoms with E-state index in [1.807, 2.05) is 6.07 Å². The normalized spacial score (nSPS) is 15.9. The molecule has 0 bridgehead atoms. The number of Topliss-reactive ketones (excluding diaryl/α,β-unsaturated/α-hetero) is 1. The van der Waals surface area contributed by atoms with E-state index in [9.17, 15) is 4.79 Å². The van der Waals surface area contributed by atoms with Gasteiger partial charge in [0.25, 0.3) is 0 Å². The summed E-state index contributed by atoms with van der Waals surface area (Å²) in [7, 11) is 0. The first-order valence-corrected chi connectivity index (χ1v) is 4.98. The Balaban J connectivity index is 2.59. The molecule has 1 aromatic heterocycles. The van der Waals surface area contributed by atoms with Crippen molar-refractivity contribution in [1.29, 1.82) is 0 Å². The highest BCUT2D eigenvalue weighted by Gasteiger charge is 2.21. The number of halogens is 1. The maximum Gasteiger partial charge on any atom is 0.164 e. The van der Waals surface area contributed by atoms with E-state index in [0.717, 1.165) is 18.4 Å². The van der Waals surface area contributed by atoms with E-state index < -0.39 is 0 Å². The summed E-state index contributed by atoms with van der Waals surface area (Å²) in [6, 6.07) is 2.00. The molecule has 1 heterocycles. The van der Waals surface area contributed by atoms with Crippen molar-refractivity contribution in [3.05, 3.63) is 19.4 Å². The molecule has 0 aromatic carbocycles. The van der Waals surface area contributed by atoms with Gasteiger partial charge in [-0.05, 0) is 35.1 Å². The maximum absolute atomic E-state index is 11.1. The Morgan fingerprint density at radius 1 is 1.50 bits per heavy atom. The monoisotopic (exact) mass is 264 g/mol. The molecular weight excluding hydrogens is 259 g/mol. The molecule has 0 atom stereocenters. The zero-order valence-corrected chi connectivity index (χ0v) is 8.16. The first-order valence-electron chi connectivity index (χ1n) is 3.09. The van der Waals surface area contributed by atoms with Gasteiger partial charge in [0.1, 0.15) is 0 Å². The number of fused-ring (bicyclic) bond motifs is 1. The van der Waals surface area contributed by atoms with Gasteiger partial charge in [-0.15, -0.1) is 11.3 Å². The fourth-order valence-corrected chi connectivity index (χ4v) is 3.19. The highest BCUT2D eigenvalue weighted by Crippen LogP contribution is 2.30. The predicted molar refractivity (Wildman–Crippen MR) is 49.7 cm³/mol. The number of hydrogen-bond acceptors (Lipinski definition) is 2. The van der Waals surface area contributed by atoms with Crippen molar-refractivity contribution in [3.8, 4) is 0 Å². The summed E-state index contributed by atoms with van der Waals surface area (Å²) >= 11 is 4.01. The molecule has 3 heteroatoms. The smallest absolute Gasteiger partial charge is 0.164 e. The first kappa shape index (κ1) is 6.79. The fraction of sp³-hybridized carbons (Fsp3) is 0.286. The highest BCUT2D eigenvalue weighted by molar-refractivity contribution is 14.1. The Kier molecular flexibility index (Phi) is 1.56. The van der Waals surface area contributed by atoms with Crippen LogP contribution in [0.4, 0.5) is 0 Å². The average Bonchev–Trinajstić information content (AvgIpc) is 2.35. The minimum atomic E-state index is 0.328. The second kappa shape index (κ2) is 2.30. The number of carbonyl (C=O) groups excluding carboxylic acids is 1. The van der Waals surface area contributed by atoms with Crippen LogP contribution in [0, 0.1) is 2.88 Å². The molecule has 10 heavy (non-hydrogen) atoms. The third kappa shape index (κ3) is 0.917. The van der Waals surface area contributed by atoms with Crippen LogP contribution in [0.15, 0.2) is 6.07 Å². The standard InChI is InChI=1S/C7H5IOS/c8-7-3-4-5(9)1-2-6(4)10-7/h3H,1-2H2. The van der Waals surface area contributed by atoms with Crippen LogP contribution in [0.2, 0.25) is 0 Å². The van der Waals surface area contributed by atoms with Crippen LogP contribution < -0.4 is 0 Å². The summed E-state index contributed by atoms with van der Waals surface area (Å²) in [5, 5.41) is 0. The van der Waals surface area contributed by atoms with E-state index >= 15 is 0 Å². The molecule has 2 rings (SSSR count). The summed E-state index contributed by atoms with van der Waals surface area (Å²) < 4.78 is 1.23. The Hall–Kier alpha value is 0.100. The van der Waals surface area contributed by atoms with Crippen LogP contribution in [0.5, 0.6) is 0 Å². The zero-order chi connectivity index (χ0) is 7.14. The average molecular weight is 264 g/mol. The van der Waals surface area contributed by atoms with Gasteiger partial charge in [-0.25, -0.2) is 0 Å². The van der Waals surface area contributed by atoms with Crippen molar-refractivity contribution in [2.45, 2.75) is 12.8 Å². The molecule has 0 N–H and O–H groups in total. The van der Waals surface area contributed by atoms with E-state index in [1.165, 1.54) is 7.76 Å². The van der Waals surface area contributed by atoms with Crippen LogP contribution >= 0.6 is 33.9 Å². The van der Waals surface area contributed by atoms with Crippen LogP contribution in [-0.2, 0) is 6.42 Å². The predicted octanol–water partition coefficient (Wildman–Crippen LogP) is 2.48. The Morgan fingerprint density at radius 2 is 2.30 bits per heavy atom. The molecule has 1 aromatic rings. The molecule has 0 saturated carbocycles. The summed E-state index contributed by atoms with van der Waals surface area (Å²) in [4.78, 5) is 12.4. The zero-order valence-electron chi connectivity index (χ0n) is 5.19. The summed E-state index contributed by atoms with van der Waals surface area (Å²) in [5.74, 6) is 0.328. The van der Waals surface area contributed by atoms with Crippen LogP contribution in [0.25, 0.3) is 0 Å². The molecule has 1 aliphatic rings. The number of thiophene rings is 1. The van der Waals surface area contributed by atoms with Crippen molar-refractivity contribution in [3.63, 3.8) is 0 Å². The van der Waals surface area contributed by atoms with Crippen molar-refractivity contribution in [2.24, 2.45) is 0 Å². The van der Waals surface area contributed by atoms with Gasteiger partial charge in [-0.2, -0.15) is 0 Å². The van der Waals surface area contributed by atoms with E-state index in [0.29, 0.717) is 5.78 Å². The van der Waals surface area contributed by atoms with E-state index in [-0.39, 0.29) is 0 Å². The van der Waals surface area contributed by atoms with Gasteiger partial charge in [-0.1, -0.05) is 0 Å². The van der Waals surface area contributed by atoms with E-state index in [2.05, 4.69) is 22.6 Å². The van der Waals surface area contributed by atoms with E-state index in [4.69, 9.17) is 0 Å². The molecule has 0 unspecified atom stereocenters. The Bertz CT molecular complexity index is 290. The molecule has 52 valence electrons. The fourth-order valence-electron chi connectivity index (χ4n) is 1.18. The van der Waals surface area contributed by atoms with Gasteiger partial charge in [0.05, 0.1) is 2.88 Å². The topological polar surface area (TPSA) is 17.1 Å². The van der Waals surface area contributed by atoms with Gasteiger partial charge >= 0.3 is 0 Å². The van der Waals surface area contributed by atoms with Gasteiger partial charge < -0.3 is 0 Å². The van der Waals surface area contributed by atoms with Gasteiger partial charge in [0.15, 0.2) is 5.78 Å². The van der Waals surface area contributed by atoms with Crippen molar-refractivity contribution < 1.29 is 4.79 Å². The molecule has 0 amide bonds. The third-order valence-electron chi connectivity index (χ3n) is 1.66. The van der Waals surface area contributed by atoms with Crippen LogP contribution in [-0.4, -0.2) is 5.78 Å². The molecule has 0 fully saturated rings. The van der Waals surface area contributed by atoms with E-state index in [1.54, 1.807) is 11.3 Å².